The van der Waals surface area contributed by atoms with Crippen LogP contribution < -0.4 is 5.32 Å². The summed E-state index contributed by atoms with van der Waals surface area (Å²) in [6.45, 7) is 4.07. The first-order valence-electron chi connectivity index (χ1n) is 6.08. The summed E-state index contributed by atoms with van der Waals surface area (Å²) in [5.74, 6) is -0.713. The second-order valence-corrected chi connectivity index (χ2v) is 5.04. The number of carboxylic acid groups (broad SMARTS) is 1. The van der Waals surface area contributed by atoms with Crippen molar-refractivity contribution < 1.29 is 14.7 Å². The van der Waals surface area contributed by atoms with Gasteiger partial charge in [0.1, 0.15) is 6.04 Å². The van der Waals surface area contributed by atoms with Gasteiger partial charge in [0.05, 0.1) is 0 Å². The fourth-order valence-electron chi connectivity index (χ4n) is 1.73. The van der Waals surface area contributed by atoms with Crippen LogP contribution in [-0.4, -0.2) is 35.0 Å². The SMILES string of the molecule is CCCC(CCC)C(=O)N[C@@H](CSC)C(=O)O. The minimum Gasteiger partial charge on any atom is -0.480 e. The number of carbonyl (C=O) groups is 2. The number of rotatable bonds is 9. The molecular formula is C12H23NO3S. The summed E-state index contributed by atoms with van der Waals surface area (Å²) < 4.78 is 0. The van der Waals surface area contributed by atoms with Crippen LogP contribution in [-0.2, 0) is 9.59 Å². The number of hydrogen-bond donors (Lipinski definition) is 2. The number of carboxylic acids is 1. The van der Waals surface area contributed by atoms with Crippen LogP contribution in [0.3, 0.4) is 0 Å². The first-order valence-corrected chi connectivity index (χ1v) is 7.48. The Morgan fingerprint density at radius 3 is 2.12 bits per heavy atom. The molecule has 1 amide bonds. The molecule has 0 spiro atoms. The Balaban J connectivity index is 4.38. The maximum absolute atomic E-state index is 11.9. The summed E-state index contributed by atoms with van der Waals surface area (Å²) in [6, 6.07) is -0.770. The van der Waals surface area contributed by atoms with E-state index in [4.69, 9.17) is 5.11 Å². The van der Waals surface area contributed by atoms with Crippen molar-refractivity contribution in [2.75, 3.05) is 12.0 Å². The zero-order valence-electron chi connectivity index (χ0n) is 10.9. The molecule has 4 nitrogen and oxygen atoms in total. The van der Waals surface area contributed by atoms with Gasteiger partial charge in [0.2, 0.25) is 5.91 Å². The van der Waals surface area contributed by atoms with Crippen LogP contribution in [0.4, 0.5) is 0 Å². The van der Waals surface area contributed by atoms with E-state index in [2.05, 4.69) is 5.32 Å². The van der Waals surface area contributed by atoms with Crippen LogP contribution in [0.15, 0.2) is 0 Å². The van der Waals surface area contributed by atoms with Crippen LogP contribution in [0, 0.1) is 5.92 Å². The molecule has 2 N–H and O–H groups in total. The first-order chi connectivity index (χ1) is 8.06. The van der Waals surface area contributed by atoms with E-state index in [1.807, 2.05) is 20.1 Å². The zero-order chi connectivity index (χ0) is 13.3. The van der Waals surface area contributed by atoms with Crippen molar-refractivity contribution in [2.45, 2.75) is 45.6 Å². The number of amides is 1. The van der Waals surface area contributed by atoms with E-state index in [9.17, 15) is 9.59 Å². The van der Waals surface area contributed by atoms with Crippen LogP contribution in [0.2, 0.25) is 0 Å². The molecule has 0 fully saturated rings. The molecule has 0 heterocycles. The van der Waals surface area contributed by atoms with Gasteiger partial charge in [-0.1, -0.05) is 26.7 Å². The summed E-state index contributed by atoms with van der Waals surface area (Å²) in [6.07, 6.45) is 5.37. The molecule has 0 saturated carbocycles. The van der Waals surface area contributed by atoms with Crippen molar-refractivity contribution in [1.29, 1.82) is 0 Å². The van der Waals surface area contributed by atoms with E-state index in [-0.39, 0.29) is 11.8 Å². The second-order valence-electron chi connectivity index (χ2n) is 4.13. The van der Waals surface area contributed by atoms with Gasteiger partial charge in [-0.15, -0.1) is 0 Å². The second kappa shape index (κ2) is 9.33. The Morgan fingerprint density at radius 2 is 1.76 bits per heavy atom. The third kappa shape index (κ3) is 6.56. The minimum atomic E-state index is -0.959. The molecule has 0 aliphatic heterocycles. The average molecular weight is 261 g/mol. The maximum Gasteiger partial charge on any atom is 0.327 e. The molecular weight excluding hydrogens is 238 g/mol. The first kappa shape index (κ1) is 16.3. The molecule has 0 radical (unpaired) electrons. The van der Waals surface area contributed by atoms with Gasteiger partial charge in [0, 0.05) is 11.7 Å². The molecule has 0 aliphatic rings. The zero-order valence-corrected chi connectivity index (χ0v) is 11.7. The Kier molecular flexibility index (Phi) is 8.94. The lowest BCUT2D eigenvalue weighted by Gasteiger charge is -2.19. The Labute approximate surface area is 108 Å². The van der Waals surface area contributed by atoms with Crippen LogP contribution in [0.5, 0.6) is 0 Å². The molecule has 0 aromatic rings. The molecule has 0 aliphatic carbocycles. The van der Waals surface area contributed by atoms with Gasteiger partial charge in [-0.05, 0) is 19.1 Å². The number of nitrogens with one attached hydrogen (secondary N) is 1. The monoisotopic (exact) mass is 261 g/mol. The third-order valence-corrected chi connectivity index (χ3v) is 3.26. The molecule has 0 bridgehead atoms. The minimum absolute atomic E-state index is 0.0475. The molecule has 0 saturated heterocycles. The molecule has 0 rings (SSSR count). The van der Waals surface area contributed by atoms with E-state index in [0.717, 1.165) is 25.7 Å². The quantitative estimate of drug-likeness (QED) is 0.667. The molecule has 17 heavy (non-hydrogen) atoms. The summed E-state index contributed by atoms with van der Waals surface area (Å²) in [4.78, 5) is 22.9. The highest BCUT2D eigenvalue weighted by atomic mass is 32.2. The van der Waals surface area contributed by atoms with Crippen molar-refractivity contribution in [3.8, 4) is 0 Å². The van der Waals surface area contributed by atoms with Gasteiger partial charge in [0.15, 0.2) is 0 Å². The number of hydrogen-bond acceptors (Lipinski definition) is 3. The van der Waals surface area contributed by atoms with Crippen molar-refractivity contribution in [1.82, 2.24) is 5.32 Å². The van der Waals surface area contributed by atoms with Gasteiger partial charge in [-0.2, -0.15) is 11.8 Å². The lowest BCUT2D eigenvalue weighted by Crippen LogP contribution is -2.45. The largest absolute Gasteiger partial charge is 0.480 e. The van der Waals surface area contributed by atoms with E-state index < -0.39 is 12.0 Å². The summed E-state index contributed by atoms with van der Waals surface area (Å²) in [5.41, 5.74) is 0. The van der Waals surface area contributed by atoms with Crippen molar-refractivity contribution in [2.24, 2.45) is 5.92 Å². The highest BCUT2D eigenvalue weighted by Gasteiger charge is 2.23. The van der Waals surface area contributed by atoms with E-state index in [1.165, 1.54) is 11.8 Å². The number of thioether (sulfide) groups is 1. The third-order valence-electron chi connectivity index (χ3n) is 2.59. The highest BCUT2D eigenvalue weighted by molar-refractivity contribution is 7.98. The topological polar surface area (TPSA) is 66.4 Å². The van der Waals surface area contributed by atoms with Gasteiger partial charge in [-0.25, -0.2) is 4.79 Å². The predicted molar refractivity (Wildman–Crippen MR) is 71.3 cm³/mol. The van der Waals surface area contributed by atoms with E-state index in [0.29, 0.717) is 5.75 Å². The van der Waals surface area contributed by atoms with Gasteiger partial charge >= 0.3 is 5.97 Å². The molecule has 0 aromatic heterocycles. The lowest BCUT2D eigenvalue weighted by atomic mass is 9.97. The molecule has 0 unspecified atom stereocenters. The predicted octanol–water partition coefficient (Wildman–Crippen LogP) is 2.14. The van der Waals surface area contributed by atoms with Crippen LogP contribution >= 0.6 is 11.8 Å². The van der Waals surface area contributed by atoms with Crippen molar-refractivity contribution in [3.63, 3.8) is 0 Å². The normalized spacial score (nSPS) is 12.5. The van der Waals surface area contributed by atoms with Crippen molar-refractivity contribution >= 4 is 23.6 Å². The Morgan fingerprint density at radius 1 is 1.24 bits per heavy atom. The fraction of sp³-hybridized carbons (Fsp3) is 0.833. The van der Waals surface area contributed by atoms with Gasteiger partial charge in [0.25, 0.3) is 0 Å². The summed E-state index contributed by atoms with van der Waals surface area (Å²) in [5, 5.41) is 11.6. The number of carbonyl (C=O) groups excluding carboxylic acids is 1. The Hall–Kier alpha value is -0.710. The highest BCUT2D eigenvalue weighted by Crippen LogP contribution is 2.14. The smallest absolute Gasteiger partial charge is 0.327 e. The molecule has 100 valence electrons. The fourth-order valence-corrected chi connectivity index (χ4v) is 2.29. The molecule has 1 atom stereocenters. The van der Waals surface area contributed by atoms with Crippen molar-refractivity contribution in [3.05, 3.63) is 0 Å². The van der Waals surface area contributed by atoms with Crippen LogP contribution in [0.25, 0.3) is 0 Å². The van der Waals surface area contributed by atoms with E-state index >= 15 is 0 Å². The van der Waals surface area contributed by atoms with Gasteiger partial charge in [-0.3, -0.25) is 4.79 Å². The van der Waals surface area contributed by atoms with Crippen LogP contribution in [0.1, 0.15) is 39.5 Å². The molecule has 5 heteroatoms. The standard InChI is InChI=1S/C12H23NO3S/c1-4-6-9(7-5-2)11(14)13-10(8-17-3)12(15)16/h9-10H,4-8H2,1-3H3,(H,13,14)(H,15,16)/t10-/m0/s1. The number of aliphatic carboxylic acids is 1. The van der Waals surface area contributed by atoms with Gasteiger partial charge < -0.3 is 10.4 Å². The summed E-state index contributed by atoms with van der Waals surface area (Å²) >= 11 is 1.42. The van der Waals surface area contributed by atoms with E-state index in [1.54, 1.807) is 0 Å². The average Bonchev–Trinajstić information content (AvgIpc) is 2.28. The lowest BCUT2D eigenvalue weighted by molar-refractivity contribution is -0.141. The molecule has 0 aromatic carbocycles. The maximum atomic E-state index is 11.9. The summed E-state index contributed by atoms with van der Waals surface area (Å²) in [7, 11) is 0. The Bertz CT molecular complexity index is 240.